The number of benzene rings is 1. The van der Waals surface area contributed by atoms with E-state index >= 15 is 0 Å². The van der Waals surface area contributed by atoms with E-state index in [1.807, 2.05) is 13.8 Å². The maximum absolute atomic E-state index is 13.3. The van der Waals surface area contributed by atoms with E-state index in [-0.39, 0.29) is 30.6 Å². The maximum atomic E-state index is 13.3. The van der Waals surface area contributed by atoms with Gasteiger partial charge in [-0.1, -0.05) is 20.8 Å². The number of amides is 1. The van der Waals surface area contributed by atoms with Gasteiger partial charge in [0.15, 0.2) is 23.0 Å². The summed E-state index contributed by atoms with van der Waals surface area (Å²) in [7, 11) is 4.47. The first-order valence-electron chi connectivity index (χ1n) is 10.2. The molecule has 1 aliphatic rings. The van der Waals surface area contributed by atoms with Crippen molar-refractivity contribution >= 4 is 11.7 Å². The summed E-state index contributed by atoms with van der Waals surface area (Å²) < 4.78 is 21.9. The number of carbonyl (C=O) groups excluding carboxylic acids is 2. The Kier molecular flexibility index (Phi) is 7.59. The molecule has 0 spiro atoms. The lowest BCUT2D eigenvalue weighted by atomic mass is 9.82. The summed E-state index contributed by atoms with van der Waals surface area (Å²) in [6, 6.07) is 2.55. The summed E-state index contributed by atoms with van der Waals surface area (Å²) in [5.41, 5.74) is -0.187. The van der Waals surface area contributed by atoms with Crippen molar-refractivity contribution in [2.75, 3.05) is 34.5 Å². The van der Waals surface area contributed by atoms with Crippen molar-refractivity contribution in [3.05, 3.63) is 29.0 Å². The van der Waals surface area contributed by atoms with E-state index in [9.17, 15) is 14.7 Å². The van der Waals surface area contributed by atoms with E-state index in [1.54, 1.807) is 32.9 Å². The molecular weight excluding hydrogens is 402 g/mol. The molecule has 1 unspecified atom stereocenters. The summed E-state index contributed by atoms with van der Waals surface area (Å²) in [4.78, 5) is 27.7. The van der Waals surface area contributed by atoms with Crippen LogP contribution >= 0.6 is 0 Å². The lowest BCUT2D eigenvalue weighted by Gasteiger charge is -2.29. The van der Waals surface area contributed by atoms with Crippen molar-refractivity contribution in [1.29, 1.82) is 0 Å². The number of methoxy groups -OCH3 is 3. The van der Waals surface area contributed by atoms with Crippen LogP contribution in [0.15, 0.2) is 23.5 Å². The predicted octanol–water partition coefficient (Wildman–Crippen LogP) is 3.45. The van der Waals surface area contributed by atoms with Crippen LogP contribution in [0.3, 0.4) is 0 Å². The Labute approximate surface area is 183 Å². The molecule has 172 valence electrons. The van der Waals surface area contributed by atoms with Crippen LogP contribution in [-0.2, 0) is 14.3 Å². The third kappa shape index (κ3) is 4.95. The van der Waals surface area contributed by atoms with Crippen LogP contribution in [0, 0.1) is 5.41 Å². The van der Waals surface area contributed by atoms with Gasteiger partial charge in [0.05, 0.1) is 45.7 Å². The van der Waals surface area contributed by atoms with Crippen LogP contribution in [0.2, 0.25) is 0 Å². The number of nitrogens with zero attached hydrogens (tertiary/aromatic N) is 1. The first-order chi connectivity index (χ1) is 14.5. The zero-order chi connectivity index (χ0) is 23.5. The Hall–Kier alpha value is -2.74. The molecule has 8 nitrogen and oxygen atoms in total. The van der Waals surface area contributed by atoms with Gasteiger partial charge < -0.3 is 29.0 Å². The predicted molar refractivity (Wildman–Crippen MR) is 116 cm³/mol. The second-order valence-electron chi connectivity index (χ2n) is 8.62. The molecule has 1 heterocycles. The largest absolute Gasteiger partial charge is 0.503 e. The highest BCUT2D eigenvalue weighted by molar-refractivity contribution is 6.10. The molecule has 1 N–H and O–H groups in total. The minimum absolute atomic E-state index is 0.0189. The Morgan fingerprint density at radius 1 is 1.10 bits per heavy atom. The van der Waals surface area contributed by atoms with Gasteiger partial charge in [-0.25, -0.2) is 0 Å². The van der Waals surface area contributed by atoms with E-state index in [2.05, 4.69) is 0 Å². The van der Waals surface area contributed by atoms with Crippen molar-refractivity contribution in [1.82, 2.24) is 4.90 Å². The van der Waals surface area contributed by atoms with E-state index in [4.69, 9.17) is 18.9 Å². The van der Waals surface area contributed by atoms with Gasteiger partial charge in [0.1, 0.15) is 0 Å². The molecule has 8 heteroatoms. The van der Waals surface area contributed by atoms with E-state index in [0.29, 0.717) is 22.8 Å². The fourth-order valence-electron chi connectivity index (χ4n) is 3.51. The Morgan fingerprint density at radius 3 is 2.06 bits per heavy atom. The number of ether oxygens (including phenoxy) is 4. The lowest BCUT2D eigenvalue weighted by Crippen LogP contribution is -2.35. The molecule has 0 saturated carbocycles. The maximum Gasteiger partial charge on any atom is 0.290 e. The minimum Gasteiger partial charge on any atom is -0.503 e. The van der Waals surface area contributed by atoms with Gasteiger partial charge in [0.2, 0.25) is 5.75 Å². The molecule has 0 aromatic heterocycles. The molecule has 0 radical (unpaired) electrons. The zero-order valence-electron chi connectivity index (χ0n) is 19.6. The minimum atomic E-state index is -0.816. The lowest BCUT2D eigenvalue weighted by molar-refractivity contribution is -0.130. The van der Waals surface area contributed by atoms with Gasteiger partial charge in [-0.3, -0.25) is 9.59 Å². The van der Waals surface area contributed by atoms with Gasteiger partial charge in [0.25, 0.3) is 5.91 Å². The first kappa shape index (κ1) is 24.5. The smallest absolute Gasteiger partial charge is 0.290 e. The van der Waals surface area contributed by atoms with Crippen LogP contribution in [0.5, 0.6) is 17.2 Å². The Morgan fingerprint density at radius 2 is 1.65 bits per heavy atom. The van der Waals surface area contributed by atoms with Gasteiger partial charge in [-0.2, -0.15) is 0 Å². The number of aliphatic hydroxyl groups excluding tert-OH is 1. The summed E-state index contributed by atoms with van der Waals surface area (Å²) in [5, 5.41) is 10.7. The molecule has 0 bridgehead atoms. The molecule has 31 heavy (non-hydrogen) atoms. The molecular formula is C23H33NO7. The highest BCUT2D eigenvalue weighted by Crippen LogP contribution is 2.46. The number of Topliss-reactive ketones (excluding diaryl/α,β-unsaturated/α-hetero) is 1. The van der Waals surface area contributed by atoms with Gasteiger partial charge >= 0.3 is 0 Å². The average molecular weight is 436 g/mol. The number of hydrogen-bond acceptors (Lipinski definition) is 7. The molecule has 1 atom stereocenters. The second-order valence-corrected chi connectivity index (χ2v) is 8.62. The SMILES string of the molecule is COc1cc(C2C(C(=O)C(C)(C)C)=C(O)C(=O)N2CCOC(C)C)cc(OC)c1OC. The normalized spacial score (nSPS) is 16.9. The quantitative estimate of drug-likeness (QED) is 0.635. The number of ketones is 1. The third-order valence-corrected chi connectivity index (χ3v) is 5.02. The van der Waals surface area contributed by atoms with Crippen LogP contribution < -0.4 is 14.2 Å². The molecule has 1 aliphatic heterocycles. The average Bonchev–Trinajstić information content (AvgIpc) is 2.95. The highest BCUT2D eigenvalue weighted by atomic mass is 16.5. The standard InChI is InChI=1S/C23H33NO7/c1-13(2)31-10-9-24-18(17(19(25)22(24)27)21(26)23(3,4)5)14-11-15(28-6)20(30-8)16(12-14)29-7/h11-13,18,25H,9-10H2,1-8H3. The van der Waals surface area contributed by atoms with Crippen molar-refractivity contribution in [2.45, 2.75) is 46.8 Å². The van der Waals surface area contributed by atoms with Gasteiger partial charge in [-0.05, 0) is 31.5 Å². The van der Waals surface area contributed by atoms with Gasteiger partial charge in [-0.15, -0.1) is 0 Å². The molecule has 1 amide bonds. The number of hydrogen-bond donors (Lipinski definition) is 1. The Bertz CT molecular complexity index is 842. The second kappa shape index (κ2) is 9.60. The molecule has 2 rings (SSSR count). The fourth-order valence-corrected chi connectivity index (χ4v) is 3.51. The molecule has 1 aromatic carbocycles. The highest BCUT2D eigenvalue weighted by Gasteiger charge is 2.46. The van der Waals surface area contributed by atoms with Crippen molar-refractivity contribution in [3.8, 4) is 17.2 Å². The molecule has 1 aromatic rings. The fraction of sp³-hybridized carbons (Fsp3) is 0.565. The van der Waals surface area contributed by atoms with E-state index < -0.39 is 23.1 Å². The van der Waals surface area contributed by atoms with E-state index in [0.717, 1.165) is 0 Å². The van der Waals surface area contributed by atoms with Crippen molar-refractivity contribution in [3.63, 3.8) is 0 Å². The molecule has 0 aliphatic carbocycles. The first-order valence-corrected chi connectivity index (χ1v) is 10.2. The van der Waals surface area contributed by atoms with Crippen LogP contribution in [0.1, 0.15) is 46.2 Å². The third-order valence-electron chi connectivity index (χ3n) is 5.02. The molecule has 0 fully saturated rings. The topological polar surface area (TPSA) is 94.5 Å². The van der Waals surface area contributed by atoms with Gasteiger partial charge in [0, 0.05) is 12.0 Å². The summed E-state index contributed by atoms with van der Waals surface area (Å²) >= 11 is 0. The summed E-state index contributed by atoms with van der Waals surface area (Å²) in [6.07, 6.45) is -0.0189. The molecule has 0 saturated heterocycles. The number of rotatable bonds is 9. The zero-order valence-corrected chi connectivity index (χ0v) is 19.6. The summed E-state index contributed by atoms with van der Waals surface area (Å²) in [6.45, 7) is 9.49. The summed E-state index contributed by atoms with van der Waals surface area (Å²) in [5.74, 6) is -0.302. The van der Waals surface area contributed by atoms with Crippen LogP contribution in [0.25, 0.3) is 0 Å². The van der Waals surface area contributed by atoms with Crippen molar-refractivity contribution < 1.29 is 33.6 Å². The van der Waals surface area contributed by atoms with Crippen LogP contribution in [0.4, 0.5) is 0 Å². The Balaban J connectivity index is 2.65. The van der Waals surface area contributed by atoms with E-state index in [1.165, 1.54) is 26.2 Å². The monoisotopic (exact) mass is 435 g/mol. The number of aliphatic hydroxyl groups is 1. The van der Waals surface area contributed by atoms with Crippen molar-refractivity contribution in [2.24, 2.45) is 5.41 Å². The number of carbonyl (C=O) groups is 2. The van der Waals surface area contributed by atoms with Crippen LogP contribution in [-0.4, -0.2) is 62.3 Å².